The van der Waals surface area contributed by atoms with Gasteiger partial charge in [-0.25, -0.2) is 9.59 Å². The van der Waals surface area contributed by atoms with Gasteiger partial charge in [0.15, 0.2) is 0 Å². The van der Waals surface area contributed by atoms with Crippen molar-refractivity contribution < 1.29 is 19.8 Å². The van der Waals surface area contributed by atoms with Crippen LogP contribution < -0.4 is 5.32 Å². The van der Waals surface area contributed by atoms with Crippen molar-refractivity contribution in [1.82, 2.24) is 10.2 Å². The fourth-order valence-electron chi connectivity index (χ4n) is 2.70. The van der Waals surface area contributed by atoms with Crippen molar-refractivity contribution in [3.63, 3.8) is 0 Å². The van der Waals surface area contributed by atoms with E-state index in [1.165, 1.54) is 0 Å². The van der Waals surface area contributed by atoms with Crippen molar-refractivity contribution in [1.29, 1.82) is 0 Å². The van der Waals surface area contributed by atoms with Crippen LogP contribution in [-0.4, -0.2) is 52.9 Å². The number of rotatable bonds is 5. The molecule has 0 bridgehead atoms. The summed E-state index contributed by atoms with van der Waals surface area (Å²) in [5.41, 5.74) is 0. The fourth-order valence-corrected chi connectivity index (χ4v) is 2.70. The monoisotopic (exact) mass is 270 g/mol. The molecular weight excluding hydrogens is 248 g/mol. The van der Waals surface area contributed by atoms with Crippen molar-refractivity contribution in [2.75, 3.05) is 19.7 Å². The summed E-state index contributed by atoms with van der Waals surface area (Å²) in [5, 5.41) is 20.7. The Morgan fingerprint density at radius 1 is 1.32 bits per heavy atom. The highest BCUT2D eigenvalue weighted by molar-refractivity contribution is 5.83. The summed E-state index contributed by atoms with van der Waals surface area (Å²) in [6.07, 6.45) is 4.40. The number of hydrogen-bond donors (Lipinski definition) is 3. The predicted octanol–water partition coefficient (Wildman–Crippen LogP) is 0.654. The van der Waals surface area contributed by atoms with Crippen molar-refractivity contribution in [3.8, 4) is 0 Å². The Kier molecular flexibility index (Phi) is 4.63. The topological polar surface area (TPSA) is 89.9 Å². The first kappa shape index (κ1) is 14.1. The molecule has 6 heteroatoms. The number of aliphatic hydroxyl groups excluding tert-OH is 1. The lowest BCUT2D eigenvalue weighted by Crippen LogP contribution is -2.51. The van der Waals surface area contributed by atoms with E-state index in [0.717, 1.165) is 25.7 Å². The maximum atomic E-state index is 12.1. The molecule has 2 rings (SSSR count). The molecule has 2 unspecified atom stereocenters. The summed E-state index contributed by atoms with van der Waals surface area (Å²) in [4.78, 5) is 24.9. The van der Waals surface area contributed by atoms with Crippen LogP contribution in [0.1, 0.15) is 32.1 Å². The average molecular weight is 270 g/mol. The van der Waals surface area contributed by atoms with Gasteiger partial charge in [0, 0.05) is 19.7 Å². The molecule has 0 aromatic rings. The lowest BCUT2D eigenvalue weighted by molar-refractivity contribution is -0.139. The number of likely N-dealkylation sites (tertiary alicyclic amines) is 1. The Morgan fingerprint density at radius 2 is 2.05 bits per heavy atom. The van der Waals surface area contributed by atoms with E-state index in [9.17, 15) is 9.59 Å². The molecule has 0 aromatic heterocycles. The van der Waals surface area contributed by atoms with Crippen LogP contribution in [0.3, 0.4) is 0 Å². The number of nitrogens with zero attached hydrogens (tertiary/aromatic N) is 1. The van der Waals surface area contributed by atoms with E-state index < -0.39 is 12.0 Å². The number of carbonyl (C=O) groups excluding carboxylic acids is 1. The molecule has 1 saturated heterocycles. The first-order chi connectivity index (χ1) is 9.11. The zero-order chi connectivity index (χ0) is 13.8. The minimum atomic E-state index is -0.945. The largest absolute Gasteiger partial charge is 0.480 e. The van der Waals surface area contributed by atoms with Gasteiger partial charge in [-0.1, -0.05) is 0 Å². The fraction of sp³-hybridized carbons (Fsp3) is 0.846. The molecule has 2 aliphatic rings. The van der Waals surface area contributed by atoms with Crippen LogP contribution in [0.25, 0.3) is 0 Å². The van der Waals surface area contributed by atoms with E-state index >= 15 is 0 Å². The number of carboxylic acid groups (broad SMARTS) is 1. The van der Waals surface area contributed by atoms with Gasteiger partial charge >= 0.3 is 12.0 Å². The molecule has 19 heavy (non-hydrogen) atoms. The molecule has 0 spiro atoms. The quantitative estimate of drug-likeness (QED) is 0.684. The molecule has 1 aliphatic carbocycles. The van der Waals surface area contributed by atoms with E-state index in [1.54, 1.807) is 4.90 Å². The van der Waals surface area contributed by atoms with Gasteiger partial charge in [-0.3, -0.25) is 0 Å². The second kappa shape index (κ2) is 6.23. The summed E-state index contributed by atoms with van der Waals surface area (Å²) >= 11 is 0. The summed E-state index contributed by atoms with van der Waals surface area (Å²) in [6.45, 7) is 1.42. The molecular formula is C13H22N2O4. The van der Waals surface area contributed by atoms with Crippen LogP contribution in [0, 0.1) is 11.8 Å². The molecule has 2 fully saturated rings. The van der Waals surface area contributed by atoms with Gasteiger partial charge in [0.1, 0.15) is 6.04 Å². The van der Waals surface area contributed by atoms with Gasteiger partial charge in [0.25, 0.3) is 0 Å². The zero-order valence-electron chi connectivity index (χ0n) is 11.0. The standard InChI is InChI=1S/C13H22N2O4/c16-7-5-9-2-1-6-15(8-9)13(19)14-11(12(17)18)10-3-4-10/h9-11,16H,1-8H2,(H,14,19)(H,17,18). The van der Waals surface area contributed by atoms with E-state index in [1.807, 2.05) is 0 Å². The van der Waals surface area contributed by atoms with E-state index in [2.05, 4.69) is 5.32 Å². The molecule has 3 N–H and O–H groups in total. The Hall–Kier alpha value is -1.30. The normalized spacial score (nSPS) is 24.9. The molecule has 1 saturated carbocycles. The van der Waals surface area contributed by atoms with Crippen molar-refractivity contribution in [3.05, 3.63) is 0 Å². The molecule has 2 amide bonds. The number of carboxylic acids is 1. The van der Waals surface area contributed by atoms with Crippen molar-refractivity contribution in [2.24, 2.45) is 11.8 Å². The van der Waals surface area contributed by atoms with Gasteiger partial charge in [0.05, 0.1) is 0 Å². The van der Waals surface area contributed by atoms with Crippen LogP contribution >= 0.6 is 0 Å². The highest BCUT2D eigenvalue weighted by atomic mass is 16.4. The third-order valence-electron chi connectivity index (χ3n) is 3.98. The van der Waals surface area contributed by atoms with Gasteiger partial charge in [0.2, 0.25) is 0 Å². The smallest absolute Gasteiger partial charge is 0.326 e. The third-order valence-corrected chi connectivity index (χ3v) is 3.98. The third kappa shape index (κ3) is 3.83. The van der Waals surface area contributed by atoms with Gasteiger partial charge in [-0.05, 0) is 43.9 Å². The SMILES string of the molecule is O=C(O)C(NC(=O)N1CCCC(CCO)C1)C1CC1. The molecule has 2 atom stereocenters. The average Bonchev–Trinajstić information content (AvgIpc) is 3.20. The van der Waals surface area contributed by atoms with Crippen LogP contribution in [-0.2, 0) is 4.79 Å². The van der Waals surface area contributed by atoms with E-state index in [0.29, 0.717) is 25.4 Å². The van der Waals surface area contributed by atoms with E-state index in [-0.39, 0.29) is 18.6 Å². The number of piperidine rings is 1. The molecule has 0 radical (unpaired) electrons. The van der Waals surface area contributed by atoms with Crippen LogP contribution in [0.2, 0.25) is 0 Å². The Balaban J connectivity index is 1.86. The highest BCUT2D eigenvalue weighted by Gasteiger charge is 2.38. The minimum Gasteiger partial charge on any atom is -0.480 e. The summed E-state index contributed by atoms with van der Waals surface area (Å²) < 4.78 is 0. The molecule has 1 heterocycles. The second-order valence-corrected chi connectivity index (χ2v) is 5.57. The Morgan fingerprint density at radius 3 is 2.63 bits per heavy atom. The van der Waals surface area contributed by atoms with Gasteiger partial charge < -0.3 is 20.4 Å². The number of amides is 2. The number of nitrogens with one attached hydrogen (secondary N) is 1. The lowest BCUT2D eigenvalue weighted by Gasteiger charge is -2.33. The number of aliphatic carboxylic acids is 1. The van der Waals surface area contributed by atoms with Gasteiger partial charge in [-0.2, -0.15) is 0 Å². The summed E-state index contributed by atoms with van der Waals surface area (Å²) in [7, 11) is 0. The predicted molar refractivity (Wildman–Crippen MR) is 68.7 cm³/mol. The second-order valence-electron chi connectivity index (χ2n) is 5.57. The Labute approximate surface area is 112 Å². The maximum Gasteiger partial charge on any atom is 0.326 e. The first-order valence-electron chi connectivity index (χ1n) is 7.01. The van der Waals surface area contributed by atoms with Crippen LogP contribution in [0.15, 0.2) is 0 Å². The minimum absolute atomic E-state index is 0.0967. The number of aliphatic hydroxyl groups is 1. The summed E-state index contributed by atoms with van der Waals surface area (Å²) in [5.74, 6) is -0.520. The highest BCUT2D eigenvalue weighted by Crippen LogP contribution is 2.33. The Bertz CT molecular complexity index is 342. The van der Waals surface area contributed by atoms with E-state index in [4.69, 9.17) is 10.2 Å². The van der Waals surface area contributed by atoms with Crippen LogP contribution in [0.5, 0.6) is 0 Å². The van der Waals surface area contributed by atoms with Gasteiger partial charge in [-0.15, -0.1) is 0 Å². The molecule has 6 nitrogen and oxygen atoms in total. The zero-order valence-corrected chi connectivity index (χ0v) is 11.0. The molecule has 0 aromatic carbocycles. The molecule has 1 aliphatic heterocycles. The number of urea groups is 1. The van der Waals surface area contributed by atoms with Crippen LogP contribution in [0.4, 0.5) is 4.79 Å². The summed E-state index contributed by atoms with van der Waals surface area (Å²) in [6, 6.07) is -1.02. The number of carbonyl (C=O) groups is 2. The lowest BCUT2D eigenvalue weighted by atomic mass is 9.95. The van der Waals surface area contributed by atoms with Crippen molar-refractivity contribution in [2.45, 2.75) is 38.1 Å². The maximum absolute atomic E-state index is 12.1. The first-order valence-corrected chi connectivity index (χ1v) is 7.01. The van der Waals surface area contributed by atoms with Crippen molar-refractivity contribution >= 4 is 12.0 Å². The number of hydrogen-bond acceptors (Lipinski definition) is 3. The molecule has 108 valence electrons.